The van der Waals surface area contributed by atoms with Gasteiger partial charge in [0.25, 0.3) is 0 Å². The molecule has 0 aliphatic carbocycles. The Morgan fingerprint density at radius 3 is 2.06 bits per heavy atom. The number of piperazine rings is 1. The molecule has 0 spiro atoms. The van der Waals surface area contributed by atoms with E-state index in [1.54, 1.807) is 12.1 Å². The molecule has 32 heavy (non-hydrogen) atoms. The van der Waals surface area contributed by atoms with Crippen LogP contribution in [0.4, 0.5) is 18.9 Å². The number of carbonyl (C=O) groups excluding carboxylic acids is 1. The summed E-state index contributed by atoms with van der Waals surface area (Å²) >= 11 is 0. The molecule has 1 aliphatic rings. The Bertz CT molecular complexity index is 1020. The second-order valence-corrected chi connectivity index (χ2v) is 8.92. The van der Waals surface area contributed by atoms with Gasteiger partial charge in [0.2, 0.25) is 15.9 Å². The number of primary sulfonamides is 1. The van der Waals surface area contributed by atoms with E-state index in [1.807, 2.05) is 4.90 Å². The minimum absolute atomic E-state index is 0.0332. The molecule has 0 unspecified atom stereocenters. The molecule has 0 atom stereocenters. The largest absolute Gasteiger partial charge is 0.573 e. The van der Waals surface area contributed by atoms with E-state index in [4.69, 9.17) is 5.14 Å². The van der Waals surface area contributed by atoms with Crippen LogP contribution in [0.3, 0.4) is 0 Å². The van der Waals surface area contributed by atoms with Gasteiger partial charge in [-0.15, -0.1) is 13.2 Å². The zero-order chi connectivity index (χ0) is 23.4. The van der Waals surface area contributed by atoms with E-state index < -0.39 is 16.4 Å². The van der Waals surface area contributed by atoms with Crippen LogP contribution >= 0.6 is 0 Å². The molecule has 0 aromatic heterocycles. The number of anilines is 1. The number of halogens is 3. The molecule has 2 aromatic rings. The molecule has 0 radical (unpaired) electrons. The van der Waals surface area contributed by atoms with Crippen molar-refractivity contribution in [3.63, 3.8) is 0 Å². The van der Waals surface area contributed by atoms with Gasteiger partial charge in [-0.25, -0.2) is 13.6 Å². The third-order valence-electron chi connectivity index (χ3n) is 4.86. The van der Waals surface area contributed by atoms with E-state index >= 15 is 0 Å². The second kappa shape index (κ2) is 9.86. The number of nitrogens with zero attached hydrogens (tertiary/aromatic N) is 2. The lowest BCUT2D eigenvalue weighted by atomic mass is 10.2. The van der Waals surface area contributed by atoms with Gasteiger partial charge >= 0.3 is 6.36 Å². The van der Waals surface area contributed by atoms with Crippen molar-refractivity contribution in [1.29, 1.82) is 0 Å². The summed E-state index contributed by atoms with van der Waals surface area (Å²) < 4.78 is 63.1. The molecule has 3 N–H and O–H groups in total. The lowest BCUT2D eigenvalue weighted by Gasteiger charge is -2.34. The summed E-state index contributed by atoms with van der Waals surface area (Å²) in [4.78, 5) is 16.4. The average molecular weight is 472 g/mol. The van der Waals surface area contributed by atoms with Gasteiger partial charge < -0.3 is 10.1 Å². The monoisotopic (exact) mass is 472 g/mol. The van der Waals surface area contributed by atoms with Crippen molar-refractivity contribution >= 4 is 21.6 Å². The van der Waals surface area contributed by atoms with E-state index in [1.165, 1.54) is 36.4 Å². The summed E-state index contributed by atoms with van der Waals surface area (Å²) in [5, 5.41) is 7.77. The summed E-state index contributed by atoms with van der Waals surface area (Å²) in [5.41, 5.74) is 1.34. The first-order chi connectivity index (χ1) is 15.0. The van der Waals surface area contributed by atoms with Crippen LogP contribution in [-0.2, 0) is 21.4 Å². The van der Waals surface area contributed by atoms with Gasteiger partial charge in [0.15, 0.2) is 0 Å². The number of amides is 1. The summed E-state index contributed by atoms with van der Waals surface area (Å²) in [7, 11) is -3.79. The van der Waals surface area contributed by atoms with Crippen molar-refractivity contribution in [3.8, 4) is 5.75 Å². The highest BCUT2D eigenvalue weighted by Crippen LogP contribution is 2.23. The highest BCUT2D eigenvalue weighted by Gasteiger charge is 2.31. The fourth-order valence-electron chi connectivity index (χ4n) is 3.29. The highest BCUT2D eigenvalue weighted by molar-refractivity contribution is 7.89. The molecule has 1 saturated heterocycles. The molecule has 12 heteroatoms. The maximum atomic E-state index is 12.3. The smallest absolute Gasteiger partial charge is 0.406 e. The Labute approximate surface area is 183 Å². The number of nitrogens with one attached hydrogen (secondary N) is 1. The molecule has 174 valence electrons. The summed E-state index contributed by atoms with van der Waals surface area (Å²) in [6, 6.07) is 11.4. The van der Waals surface area contributed by atoms with Gasteiger partial charge in [0.1, 0.15) is 5.75 Å². The molecule has 1 aliphatic heterocycles. The van der Waals surface area contributed by atoms with Crippen molar-refractivity contribution in [2.45, 2.75) is 17.8 Å². The molecule has 1 fully saturated rings. The zero-order valence-electron chi connectivity index (χ0n) is 17.0. The van der Waals surface area contributed by atoms with Gasteiger partial charge in [0, 0.05) is 38.4 Å². The van der Waals surface area contributed by atoms with Gasteiger partial charge in [-0.3, -0.25) is 14.6 Å². The molecule has 1 amide bonds. The normalized spacial score (nSPS) is 16.0. The molecular weight excluding hydrogens is 449 g/mol. The minimum atomic E-state index is -4.71. The molecule has 2 aromatic carbocycles. The highest BCUT2D eigenvalue weighted by atomic mass is 32.2. The second-order valence-electron chi connectivity index (χ2n) is 7.36. The Hall–Kier alpha value is -2.67. The molecule has 0 saturated carbocycles. The van der Waals surface area contributed by atoms with Crippen LogP contribution < -0.4 is 15.2 Å². The first-order valence-electron chi connectivity index (χ1n) is 9.70. The fraction of sp³-hybridized carbons (Fsp3) is 0.350. The number of nitrogens with two attached hydrogens (primary N) is 1. The standard InChI is InChI=1S/C20H23F3N4O4S/c21-20(22,23)31-17-5-1-15(2-6-17)13-26-9-11-27(12-10-26)14-19(28)25-16-3-7-18(8-4-16)32(24,29)30/h1-8H,9-14H2,(H,25,28)(H2,24,29,30). The Kier molecular flexibility index (Phi) is 7.39. The topological polar surface area (TPSA) is 105 Å². The van der Waals surface area contributed by atoms with Crippen LogP contribution in [0.2, 0.25) is 0 Å². The van der Waals surface area contributed by atoms with Crippen molar-refractivity contribution < 1.29 is 31.1 Å². The van der Waals surface area contributed by atoms with Crippen LogP contribution in [-0.4, -0.2) is 63.2 Å². The maximum Gasteiger partial charge on any atom is 0.573 e. The van der Waals surface area contributed by atoms with E-state index in [2.05, 4.69) is 15.0 Å². The number of benzene rings is 2. The van der Waals surface area contributed by atoms with Crippen LogP contribution in [0.5, 0.6) is 5.75 Å². The molecular formula is C20H23F3N4O4S. The first-order valence-corrected chi connectivity index (χ1v) is 11.2. The maximum absolute atomic E-state index is 12.3. The van der Waals surface area contributed by atoms with Crippen LogP contribution in [0.25, 0.3) is 0 Å². The number of hydrogen-bond donors (Lipinski definition) is 2. The van der Waals surface area contributed by atoms with Crippen molar-refractivity contribution in [2.75, 3.05) is 38.0 Å². The predicted octanol–water partition coefficient (Wildman–Crippen LogP) is 1.99. The lowest BCUT2D eigenvalue weighted by molar-refractivity contribution is -0.274. The number of hydrogen-bond acceptors (Lipinski definition) is 6. The van der Waals surface area contributed by atoms with Crippen LogP contribution in [0.1, 0.15) is 5.56 Å². The minimum Gasteiger partial charge on any atom is -0.406 e. The fourth-order valence-corrected chi connectivity index (χ4v) is 3.81. The Balaban J connectivity index is 1.42. The van der Waals surface area contributed by atoms with E-state index in [0.29, 0.717) is 38.4 Å². The number of rotatable bonds is 7. The third-order valence-corrected chi connectivity index (χ3v) is 5.79. The van der Waals surface area contributed by atoms with E-state index in [-0.39, 0.29) is 23.1 Å². The number of alkyl halides is 3. The molecule has 1 heterocycles. The molecule has 8 nitrogen and oxygen atoms in total. The Morgan fingerprint density at radius 1 is 0.969 bits per heavy atom. The summed E-state index contributed by atoms with van der Waals surface area (Å²) in [5.74, 6) is -0.474. The van der Waals surface area contributed by atoms with Crippen LogP contribution in [0, 0.1) is 0 Å². The Morgan fingerprint density at radius 2 is 1.53 bits per heavy atom. The molecule has 0 bridgehead atoms. The van der Waals surface area contributed by atoms with Gasteiger partial charge in [0.05, 0.1) is 11.4 Å². The van der Waals surface area contributed by atoms with E-state index in [9.17, 15) is 26.4 Å². The third kappa shape index (κ3) is 7.48. The van der Waals surface area contributed by atoms with Gasteiger partial charge in [-0.1, -0.05) is 12.1 Å². The quantitative estimate of drug-likeness (QED) is 0.639. The summed E-state index contributed by atoms with van der Waals surface area (Å²) in [6.07, 6.45) is -4.71. The van der Waals surface area contributed by atoms with Gasteiger partial charge in [-0.05, 0) is 42.0 Å². The zero-order valence-corrected chi connectivity index (χ0v) is 17.8. The predicted molar refractivity (Wildman–Crippen MR) is 111 cm³/mol. The van der Waals surface area contributed by atoms with Crippen molar-refractivity contribution in [1.82, 2.24) is 9.80 Å². The molecule has 3 rings (SSSR count). The van der Waals surface area contributed by atoms with Gasteiger partial charge in [-0.2, -0.15) is 0 Å². The summed E-state index contributed by atoms with van der Waals surface area (Å²) in [6.45, 7) is 3.51. The first kappa shape index (κ1) is 24.0. The van der Waals surface area contributed by atoms with Crippen molar-refractivity contribution in [2.24, 2.45) is 5.14 Å². The lowest BCUT2D eigenvalue weighted by Crippen LogP contribution is -2.48. The number of carbonyl (C=O) groups is 1. The number of sulfonamides is 1. The van der Waals surface area contributed by atoms with E-state index in [0.717, 1.165) is 5.56 Å². The van der Waals surface area contributed by atoms with Crippen LogP contribution in [0.15, 0.2) is 53.4 Å². The SMILES string of the molecule is NS(=O)(=O)c1ccc(NC(=O)CN2CCN(Cc3ccc(OC(F)(F)F)cc3)CC2)cc1. The van der Waals surface area contributed by atoms with Crippen molar-refractivity contribution in [3.05, 3.63) is 54.1 Å². The number of ether oxygens (including phenoxy) is 1. The average Bonchev–Trinajstić information content (AvgIpc) is 2.69.